The Bertz CT molecular complexity index is 1610. The largest absolute Gasteiger partial charge is 0.418 e. The Morgan fingerprint density at radius 3 is 2.68 bits per heavy atom. The molecule has 0 aliphatic rings. The summed E-state index contributed by atoms with van der Waals surface area (Å²) in [5, 5.41) is 11.7. The highest BCUT2D eigenvalue weighted by atomic mass is 19.4. The van der Waals surface area contributed by atoms with E-state index in [4.69, 9.17) is 0 Å². The van der Waals surface area contributed by atoms with Crippen molar-refractivity contribution in [2.24, 2.45) is 0 Å². The van der Waals surface area contributed by atoms with Gasteiger partial charge in [0.15, 0.2) is 11.5 Å². The molecule has 172 valence electrons. The van der Waals surface area contributed by atoms with Crippen LogP contribution in [0.5, 0.6) is 0 Å². The first kappa shape index (κ1) is 21.4. The molecule has 0 atom stereocenters. The van der Waals surface area contributed by atoms with E-state index in [-0.39, 0.29) is 34.0 Å². The Balaban J connectivity index is 1.82. The Labute approximate surface area is 189 Å². The molecule has 10 nitrogen and oxygen atoms in total. The number of hydrogen-bond acceptors (Lipinski definition) is 8. The second-order valence-electron chi connectivity index (χ2n) is 7.34. The van der Waals surface area contributed by atoms with Gasteiger partial charge in [0.05, 0.1) is 28.5 Å². The molecular formula is C21H16F3N9O. The highest BCUT2D eigenvalue weighted by Crippen LogP contribution is 2.36. The number of aryl methyl sites for hydroxylation is 2. The van der Waals surface area contributed by atoms with E-state index >= 15 is 0 Å². The van der Waals surface area contributed by atoms with Crippen LogP contribution in [0.1, 0.15) is 18.2 Å². The van der Waals surface area contributed by atoms with Crippen LogP contribution < -0.4 is 10.9 Å². The normalized spacial score (nSPS) is 11.9. The number of rotatable bonds is 4. The summed E-state index contributed by atoms with van der Waals surface area (Å²) in [7, 11) is 0. The Morgan fingerprint density at radius 1 is 1.12 bits per heavy atom. The molecule has 0 aliphatic carbocycles. The standard InChI is InChI=1S/C21H16F3N9O/c1-3-32-10-13(11(2)30-32)17-29-18-12-5-4-6-14(21(22,23)24)16(12)28-20(33(18)31-17)27-15-9-25-7-8-26-19(15)34/h4-10H,3H2,1-2H3,(H,26,27,28,34). The zero-order valence-electron chi connectivity index (χ0n) is 17.9. The van der Waals surface area contributed by atoms with Gasteiger partial charge in [0.2, 0.25) is 5.95 Å². The molecule has 4 aromatic heterocycles. The van der Waals surface area contributed by atoms with E-state index in [0.29, 0.717) is 17.8 Å². The minimum atomic E-state index is -4.66. The lowest BCUT2D eigenvalue weighted by molar-refractivity contribution is -0.136. The average molecular weight is 467 g/mol. The van der Waals surface area contributed by atoms with Gasteiger partial charge in [-0.05, 0) is 26.0 Å². The number of alkyl halides is 3. The summed E-state index contributed by atoms with van der Waals surface area (Å²) < 4.78 is 44.3. The van der Waals surface area contributed by atoms with Crippen molar-refractivity contribution < 1.29 is 13.2 Å². The number of hydrogen-bond donors (Lipinski definition) is 1. The zero-order chi connectivity index (χ0) is 24.0. The van der Waals surface area contributed by atoms with Crippen LogP contribution in [0.4, 0.5) is 24.8 Å². The minimum absolute atomic E-state index is 0.0883. The van der Waals surface area contributed by atoms with Gasteiger partial charge < -0.3 is 5.32 Å². The maximum atomic E-state index is 13.8. The van der Waals surface area contributed by atoms with Crippen molar-refractivity contribution in [2.45, 2.75) is 26.6 Å². The van der Waals surface area contributed by atoms with Gasteiger partial charge in [-0.15, -0.1) is 5.10 Å². The highest BCUT2D eigenvalue weighted by molar-refractivity contribution is 5.95. The third-order valence-electron chi connectivity index (χ3n) is 5.14. The predicted molar refractivity (Wildman–Crippen MR) is 117 cm³/mol. The Hall–Kier alpha value is -4.42. The molecule has 0 saturated carbocycles. The van der Waals surface area contributed by atoms with Crippen LogP contribution in [-0.4, -0.2) is 39.3 Å². The first-order valence-corrected chi connectivity index (χ1v) is 10.1. The number of aromatic nitrogens is 8. The van der Waals surface area contributed by atoms with Gasteiger partial charge in [0, 0.05) is 30.5 Å². The second kappa shape index (κ2) is 7.86. The fourth-order valence-corrected chi connectivity index (χ4v) is 3.54. The molecule has 0 unspecified atom stereocenters. The highest BCUT2D eigenvalue weighted by Gasteiger charge is 2.34. The number of fused-ring (bicyclic) bond motifs is 3. The summed E-state index contributed by atoms with van der Waals surface area (Å²) in [6, 6.07) is 3.71. The van der Waals surface area contributed by atoms with Gasteiger partial charge in [-0.2, -0.15) is 22.8 Å². The van der Waals surface area contributed by atoms with E-state index in [9.17, 15) is 18.0 Å². The van der Waals surface area contributed by atoms with Crippen LogP contribution in [0.25, 0.3) is 27.9 Å². The van der Waals surface area contributed by atoms with Crippen molar-refractivity contribution >= 4 is 28.2 Å². The number of benzene rings is 1. The van der Waals surface area contributed by atoms with Crippen molar-refractivity contribution in [3.63, 3.8) is 0 Å². The molecule has 0 fully saturated rings. The first-order chi connectivity index (χ1) is 16.3. The number of nitrogens with one attached hydrogen (secondary N) is 1. The summed E-state index contributed by atoms with van der Waals surface area (Å²) in [5.74, 6) is 0.106. The Kier molecular flexibility index (Phi) is 4.96. The molecule has 1 N–H and O–H groups in total. The first-order valence-electron chi connectivity index (χ1n) is 10.1. The van der Waals surface area contributed by atoms with Crippen molar-refractivity contribution in [2.75, 3.05) is 5.32 Å². The van der Waals surface area contributed by atoms with Crippen LogP contribution in [0.3, 0.4) is 0 Å². The maximum absolute atomic E-state index is 13.8. The molecule has 34 heavy (non-hydrogen) atoms. The SMILES string of the molecule is CCn1cc(-c2nc3c4cccc(C(F)(F)F)c4nc(Nc4cnccnc4=O)n3n2)c(C)n1. The Morgan fingerprint density at radius 2 is 1.94 bits per heavy atom. The zero-order valence-corrected chi connectivity index (χ0v) is 17.9. The third-order valence-corrected chi connectivity index (χ3v) is 5.14. The van der Waals surface area contributed by atoms with Gasteiger partial charge in [0.25, 0.3) is 5.56 Å². The molecule has 5 aromatic rings. The van der Waals surface area contributed by atoms with Crippen LogP contribution in [0.2, 0.25) is 0 Å². The third kappa shape index (κ3) is 3.60. The van der Waals surface area contributed by atoms with Crippen molar-refractivity contribution in [3.05, 3.63) is 64.6 Å². The van der Waals surface area contributed by atoms with E-state index in [1.807, 2.05) is 6.92 Å². The van der Waals surface area contributed by atoms with Gasteiger partial charge >= 0.3 is 6.18 Å². The van der Waals surface area contributed by atoms with E-state index < -0.39 is 17.3 Å². The number of nitrogens with zero attached hydrogens (tertiary/aromatic N) is 8. The van der Waals surface area contributed by atoms with Crippen molar-refractivity contribution in [1.82, 2.24) is 39.3 Å². The van der Waals surface area contributed by atoms with Gasteiger partial charge in [-0.3, -0.25) is 14.5 Å². The molecule has 0 aliphatic heterocycles. The predicted octanol–water partition coefficient (Wildman–Crippen LogP) is 3.38. The molecule has 13 heteroatoms. The fraction of sp³-hybridized carbons (Fsp3) is 0.190. The average Bonchev–Trinajstić information content (AvgIpc) is 3.34. The lowest BCUT2D eigenvalue weighted by atomic mass is 10.1. The monoisotopic (exact) mass is 467 g/mol. The van der Waals surface area contributed by atoms with Crippen LogP contribution in [-0.2, 0) is 12.7 Å². The topological polar surface area (TPSA) is 116 Å². The van der Waals surface area contributed by atoms with E-state index in [1.165, 1.54) is 35.2 Å². The van der Waals surface area contributed by atoms with Gasteiger partial charge in [-0.25, -0.2) is 15.0 Å². The van der Waals surface area contributed by atoms with Gasteiger partial charge in [0.1, 0.15) is 5.69 Å². The molecular weight excluding hydrogens is 451 g/mol. The molecule has 5 rings (SSSR count). The summed E-state index contributed by atoms with van der Waals surface area (Å²) >= 11 is 0. The fourth-order valence-electron chi connectivity index (χ4n) is 3.54. The smallest absolute Gasteiger partial charge is 0.318 e. The summed E-state index contributed by atoms with van der Waals surface area (Å²) in [6.07, 6.45) is 0.820. The van der Waals surface area contributed by atoms with E-state index in [2.05, 4.69) is 35.5 Å². The minimum Gasteiger partial charge on any atom is -0.318 e. The van der Waals surface area contributed by atoms with Gasteiger partial charge in [-0.1, -0.05) is 6.07 Å². The maximum Gasteiger partial charge on any atom is 0.418 e. The quantitative estimate of drug-likeness (QED) is 0.428. The lowest BCUT2D eigenvalue weighted by Gasteiger charge is -2.12. The molecule has 0 radical (unpaired) electrons. The summed E-state index contributed by atoms with van der Waals surface area (Å²) in [5.41, 5.74) is -0.620. The number of para-hydroxylation sites is 1. The molecule has 0 amide bonds. The molecule has 4 heterocycles. The van der Waals surface area contributed by atoms with E-state index in [0.717, 1.165) is 6.07 Å². The molecule has 0 saturated heterocycles. The lowest BCUT2D eigenvalue weighted by Crippen LogP contribution is -2.13. The van der Waals surface area contributed by atoms with Crippen LogP contribution in [0, 0.1) is 6.92 Å². The van der Waals surface area contributed by atoms with Crippen molar-refractivity contribution in [3.8, 4) is 11.4 Å². The summed E-state index contributed by atoms with van der Waals surface area (Å²) in [4.78, 5) is 28.6. The van der Waals surface area contributed by atoms with E-state index in [1.54, 1.807) is 17.8 Å². The van der Waals surface area contributed by atoms with Crippen LogP contribution >= 0.6 is 0 Å². The summed E-state index contributed by atoms with van der Waals surface area (Å²) in [6.45, 7) is 4.33. The second-order valence-corrected chi connectivity index (χ2v) is 7.34. The number of halogens is 3. The van der Waals surface area contributed by atoms with Crippen molar-refractivity contribution in [1.29, 1.82) is 0 Å². The molecule has 0 spiro atoms. The number of anilines is 2. The van der Waals surface area contributed by atoms with Crippen LogP contribution in [0.15, 0.2) is 47.8 Å². The molecule has 0 bridgehead atoms. The molecule has 1 aromatic carbocycles.